The van der Waals surface area contributed by atoms with Gasteiger partial charge < -0.3 is 10.1 Å². The molecule has 130 valence electrons. The molecule has 1 aromatic carbocycles. The second-order valence-corrected chi connectivity index (χ2v) is 6.90. The van der Waals surface area contributed by atoms with Crippen LogP contribution in [0.2, 0.25) is 5.02 Å². The number of hydrogen-bond acceptors (Lipinski definition) is 6. The number of urea groups is 1. The van der Waals surface area contributed by atoms with Crippen molar-refractivity contribution in [2.45, 2.75) is 17.9 Å². The fourth-order valence-corrected chi connectivity index (χ4v) is 3.10. The van der Waals surface area contributed by atoms with Gasteiger partial charge in [-0.3, -0.25) is 9.69 Å². The van der Waals surface area contributed by atoms with Crippen LogP contribution in [-0.4, -0.2) is 50.4 Å². The van der Waals surface area contributed by atoms with Gasteiger partial charge in [0.15, 0.2) is 6.10 Å². The van der Waals surface area contributed by atoms with Gasteiger partial charge in [-0.15, -0.1) is 0 Å². The molecule has 0 bridgehead atoms. The zero-order valence-electron chi connectivity index (χ0n) is 12.5. The number of rotatable bonds is 4. The van der Waals surface area contributed by atoms with Gasteiger partial charge in [-0.2, -0.15) is 0 Å². The minimum atomic E-state index is -4.12. The summed E-state index contributed by atoms with van der Waals surface area (Å²) in [5, 5.41) is 7.31. The molecule has 1 heterocycles. The molecule has 0 radical (unpaired) electrons. The molecular weight excluding hydrogens is 362 g/mol. The molecule has 0 saturated carbocycles. The van der Waals surface area contributed by atoms with Crippen molar-refractivity contribution in [3.05, 3.63) is 28.8 Å². The Bertz CT molecular complexity index is 810. The van der Waals surface area contributed by atoms with E-state index in [1.807, 2.05) is 0 Å². The Morgan fingerprint density at radius 1 is 1.42 bits per heavy atom. The van der Waals surface area contributed by atoms with Crippen molar-refractivity contribution in [2.75, 3.05) is 13.1 Å². The quantitative estimate of drug-likeness (QED) is 0.715. The summed E-state index contributed by atoms with van der Waals surface area (Å²) in [7, 11) is -4.12. The number of benzene rings is 1. The number of halogens is 1. The van der Waals surface area contributed by atoms with Crippen LogP contribution in [0.3, 0.4) is 0 Å². The van der Waals surface area contributed by atoms with Gasteiger partial charge >= 0.3 is 12.0 Å². The number of hydrogen-bond donors (Lipinski definition) is 2. The van der Waals surface area contributed by atoms with E-state index in [-0.39, 0.29) is 17.1 Å². The summed E-state index contributed by atoms with van der Waals surface area (Å²) in [6, 6.07) is 2.81. The lowest BCUT2D eigenvalue weighted by molar-refractivity contribution is -0.136. The molecule has 0 spiro atoms. The van der Waals surface area contributed by atoms with Crippen LogP contribution in [-0.2, 0) is 19.6 Å². The van der Waals surface area contributed by atoms with Crippen molar-refractivity contribution in [3.8, 4) is 0 Å². The molecule has 0 unspecified atom stereocenters. The van der Waals surface area contributed by atoms with E-state index in [9.17, 15) is 22.8 Å². The van der Waals surface area contributed by atoms with E-state index in [1.54, 1.807) is 0 Å². The highest BCUT2D eigenvalue weighted by molar-refractivity contribution is 7.89. The van der Waals surface area contributed by atoms with Crippen molar-refractivity contribution in [3.63, 3.8) is 0 Å². The maximum absolute atomic E-state index is 12.1. The van der Waals surface area contributed by atoms with E-state index >= 15 is 0 Å². The summed E-state index contributed by atoms with van der Waals surface area (Å²) in [5.74, 6) is -1.63. The third-order valence-corrected chi connectivity index (χ3v) is 4.62. The number of nitrogens with one attached hydrogen (secondary N) is 1. The third-order valence-electron chi connectivity index (χ3n) is 3.23. The fourth-order valence-electron chi connectivity index (χ4n) is 2.03. The number of imide groups is 1. The Balaban J connectivity index is 2.15. The van der Waals surface area contributed by atoms with Gasteiger partial charge in [-0.05, 0) is 25.1 Å². The molecule has 2 rings (SSSR count). The van der Waals surface area contributed by atoms with Crippen molar-refractivity contribution in [1.29, 1.82) is 0 Å². The lowest BCUT2D eigenvalue weighted by Crippen LogP contribution is -2.41. The zero-order valence-corrected chi connectivity index (χ0v) is 14.1. The summed E-state index contributed by atoms with van der Waals surface area (Å²) in [6.45, 7) is 1.80. The van der Waals surface area contributed by atoms with Gasteiger partial charge in [0.2, 0.25) is 10.0 Å². The smallest absolute Gasteiger partial charge is 0.338 e. The van der Waals surface area contributed by atoms with Crippen LogP contribution in [0, 0.1) is 0 Å². The summed E-state index contributed by atoms with van der Waals surface area (Å²) < 4.78 is 27.8. The van der Waals surface area contributed by atoms with Crippen LogP contribution >= 0.6 is 11.6 Å². The Morgan fingerprint density at radius 3 is 2.62 bits per heavy atom. The van der Waals surface area contributed by atoms with Crippen LogP contribution in [0.5, 0.6) is 0 Å². The SMILES string of the molecule is C[C@@H](OC(=O)c1ccc(Cl)c(S(N)(=O)=O)c1)C(=O)N1CCNC1=O. The second-order valence-electron chi connectivity index (χ2n) is 4.96. The molecule has 0 aromatic heterocycles. The van der Waals surface area contributed by atoms with Crippen molar-refractivity contribution >= 4 is 39.5 Å². The zero-order chi connectivity index (χ0) is 18.1. The van der Waals surface area contributed by atoms with Gasteiger partial charge in [-0.25, -0.2) is 23.1 Å². The van der Waals surface area contributed by atoms with Crippen LogP contribution in [0.4, 0.5) is 4.79 Å². The lowest BCUT2D eigenvalue weighted by atomic mass is 10.2. The van der Waals surface area contributed by atoms with Gasteiger partial charge in [0, 0.05) is 13.1 Å². The predicted octanol–water partition coefficient (Wildman–Crippen LogP) is 0.0845. The Kier molecular flexibility index (Phi) is 5.11. The monoisotopic (exact) mass is 375 g/mol. The highest BCUT2D eigenvalue weighted by Crippen LogP contribution is 2.22. The maximum atomic E-state index is 12.1. The first-order valence-electron chi connectivity index (χ1n) is 6.74. The van der Waals surface area contributed by atoms with Crippen LogP contribution < -0.4 is 10.5 Å². The highest BCUT2D eigenvalue weighted by atomic mass is 35.5. The lowest BCUT2D eigenvalue weighted by Gasteiger charge is -2.18. The van der Waals surface area contributed by atoms with E-state index < -0.39 is 38.9 Å². The predicted molar refractivity (Wildman–Crippen MR) is 82.8 cm³/mol. The summed E-state index contributed by atoms with van der Waals surface area (Å²) in [4.78, 5) is 36.0. The van der Waals surface area contributed by atoms with Crippen molar-refractivity contribution in [2.24, 2.45) is 5.14 Å². The van der Waals surface area contributed by atoms with Gasteiger partial charge in [0.1, 0.15) is 4.90 Å². The average Bonchev–Trinajstić information content (AvgIpc) is 2.91. The summed E-state index contributed by atoms with van der Waals surface area (Å²) in [6.07, 6.45) is -1.23. The number of esters is 1. The Hall–Kier alpha value is -2.17. The topological polar surface area (TPSA) is 136 Å². The Morgan fingerprint density at radius 2 is 2.08 bits per heavy atom. The largest absolute Gasteiger partial charge is 0.449 e. The molecule has 3 amide bonds. The fraction of sp³-hybridized carbons (Fsp3) is 0.308. The van der Waals surface area contributed by atoms with Gasteiger partial charge in [-0.1, -0.05) is 11.6 Å². The highest BCUT2D eigenvalue weighted by Gasteiger charge is 2.32. The van der Waals surface area contributed by atoms with E-state index in [1.165, 1.54) is 19.1 Å². The standard InChI is InChI=1S/C13H14ClN3O6S/c1-7(11(18)17-5-4-16-13(17)20)23-12(19)8-2-3-9(14)10(6-8)24(15,21)22/h2-3,6-7H,4-5H2,1H3,(H,16,20)(H2,15,21,22)/t7-/m1/s1. The Labute approximate surface area is 142 Å². The number of nitrogens with two attached hydrogens (primary N) is 1. The molecule has 1 atom stereocenters. The first kappa shape index (κ1) is 18.2. The number of carbonyl (C=O) groups is 3. The molecule has 9 nitrogen and oxygen atoms in total. The molecule has 11 heteroatoms. The van der Waals surface area contributed by atoms with Crippen molar-refractivity contribution < 1.29 is 27.5 Å². The second kappa shape index (κ2) is 6.75. The molecule has 1 aliphatic heterocycles. The van der Waals surface area contributed by atoms with E-state index in [0.29, 0.717) is 6.54 Å². The molecule has 24 heavy (non-hydrogen) atoms. The third kappa shape index (κ3) is 3.83. The van der Waals surface area contributed by atoms with Gasteiger partial charge in [0.25, 0.3) is 5.91 Å². The maximum Gasteiger partial charge on any atom is 0.338 e. The molecule has 1 fully saturated rings. The van der Waals surface area contributed by atoms with E-state index in [4.69, 9.17) is 21.5 Å². The number of primary sulfonamides is 1. The normalized spacial score (nSPS) is 15.8. The summed E-state index contributed by atoms with van der Waals surface area (Å²) >= 11 is 5.73. The average molecular weight is 376 g/mol. The molecule has 3 N–H and O–H groups in total. The minimum Gasteiger partial charge on any atom is -0.449 e. The van der Waals surface area contributed by atoms with E-state index in [2.05, 4.69) is 5.32 Å². The van der Waals surface area contributed by atoms with Crippen LogP contribution in [0.15, 0.2) is 23.1 Å². The van der Waals surface area contributed by atoms with Crippen LogP contribution in [0.1, 0.15) is 17.3 Å². The summed E-state index contributed by atoms with van der Waals surface area (Å²) in [5.41, 5.74) is -0.144. The molecule has 1 aromatic rings. The van der Waals surface area contributed by atoms with E-state index in [0.717, 1.165) is 11.0 Å². The number of sulfonamides is 1. The number of ether oxygens (including phenoxy) is 1. The van der Waals surface area contributed by atoms with Crippen molar-refractivity contribution in [1.82, 2.24) is 10.2 Å². The first-order valence-corrected chi connectivity index (χ1v) is 8.66. The molecular formula is C13H14ClN3O6S. The van der Waals surface area contributed by atoms with Crippen LogP contribution in [0.25, 0.3) is 0 Å². The number of amides is 3. The number of nitrogens with zero attached hydrogens (tertiary/aromatic N) is 1. The van der Waals surface area contributed by atoms with Gasteiger partial charge in [0.05, 0.1) is 10.6 Å². The molecule has 1 aliphatic rings. The molecule has 1 saturated heterocycles. The minimum absolute atomic E-state index is 0.144. The number of carbonyl (C=O) groups excluding carboxylic acids is 3. The molecule has 0 aliphatic carbocycles. The first-order chi connectivity index (χ1) is 11.1.